The van der Waals surface area contributed by atoms with Crippen LogP contribution < -0.4 is 5.32 Å². The fourth-order valence-electron chi connectivity index (χ4n) is 3.67. The Labute approximate surface area is 178 Å². The highest BCUT2D eigenvalue weighted by Crippen LogP contribution is 2.41. The predicted octanol–water partition coefficient (Wildman–Crippen LogP) is 4.43. The number of carbonyl (C=O) groups is 1. The van der Waals surface area contributed by atoms with Gasteiger partial charge in [0.15, 0.2) is 11.5 Å². The average molecular weight is 449 g/mol. The number of carbonyl (C=O) groups excluding carboxylic acids is 1. The Morgan fingerprint density at radius 2 is 2.19 bits per heavy atom. The molecule has 11 heteroatoms. The Balaban J connectivity index is 1.58. The predicted molar refractivity (Wildman–Crippen MR) is 109 cm³/mol. The molecule has 1 fully saturated rings. The fourth-order valence-corrected chi connectivity index (χ4v) is 3.97. The van der Waals surface area contributed by atoms with Gasteiger partial charge in [-0.15, -0.1) is 0 Å². The molecule has 1 saturated carbocycles. The molecule has 0 saturated heterocycles. The van der Waals surface area contributed by atoms with E-state index in [9.17, 15) is 13.6 Å². The number of hydrogen-bond acceptors (Lipinski definition) is 4. The van der Waals surface area contributed by atoms with E-state index < -0.39 is 36.4 Å². The van der Waals surface area contributed by atoms with Gasteiger partial charge < -0.3 is 9.72 Å². The van der Waals surface area contributed by atoms with Gasteiger partial charge in [-0.3, -0.25) is 19.3 Å². The molecule has 0 spiro atoms. The molecule has 0 radical (unpaired) electrons. The van der Waals surface area contributed by atoms with Crippen LogP contribution in [0.25, 0.3) is 27.8 Å². The normalized spacial score (nSPS) is 19.1. The second kappa shape index (κ2) is 7.23. The molecule has 7 nitrogen and oxygen atoms in total. The standard InChI is InChI=1S/C20H16ClF3N6O/c1-8(3-22)15-18(24)17(21)16(10-4-26-29-19(10)15)12-6-30-7-13(27-14(30)5-25-12)28-20(31)9-2-11(9)23/h4-9,11H,2-3H2,1H3,(H,26,29)(H,28,31). The number of benzene rings is 1. The van der Waals surface area contributed by atoms with Gasteiger partial charge in [-0.2, -0.15) is 5.10 Å². The summed E-state index contributed by atoms with van der Waals surface area (Å²) < 4.78 is 43.0. The Morgan fingerprint density at radius 1 is 1.42 bits per heavy atom. The zero-order valence-electron chi connectivity index (χ0n) is 16.2. The van der Waals surface area contributed by atoms with Gasteiger partial charge in [0.2, 0.25) is 5.91 Å². The summed E-state index contributed by atoms with van der Waals surface area (Å²) in [7, 11) is 0. The number of halogens is 4. The molecule has 1 aromatic carbocycles. The van der Waals surface area contributed by atoms with Crippen LogP contribution in [0.1, 0.15) is 24.8 Å². The van der Waals surface area contributed by atoms with Gasteiger partial charge >= 0.3 is 0 Å². The van der Waals surface area contributed by atoms with E-state index in [1.54, 1.807) is 23.7 Å². The number of hydrogen-bond donors (Lipinski definition) is 2. The molecular weight excluding hydrogens is 433 g/mol. The maximum Gasteiger partial charge on any atom is 0.231 e. The lowest BCUT2D eigenvalue weighted by molar-refractivity contribution is -0.117. The minimum Gasteiger partial charge on any atom is -0.309 e. The van der Waals surface area contributed by atoms with Crippen LogP contribution in [0.2, 0.25) is 5.02 Å². The third-order valence-corrected chi connectivity index (χ3v) is 5.80. The summed E-state index contributed by atoms with van der Waals surface area (Å²) in [5.41, 5.74) is 1.55. The molecular formula is C20H16ClF3N6O. The molecule has 3 atom stereocenters. The topological polar surface area (TPSA) is 88.0 Å². The van der Waals surface area contributed by atoms with E-state index in [4.69, 9.17) is 11.6 Å². The van der Waals surface area contributed by atoms with Gasteiger partial charge in [-0.25, -0.2) is 13.8 Å². The Hall–Kier alpha value is -3.14. The smallest absolute Gasteiger partial charge is 0.231 e. The number of anilines is 1. The molecule has 1 aliphatic carbocycles. The maximum atomic E-state index is 15.1. The highest BCUT2D eigenvalue weighted by atomic mass is 35.5. The molecule has 1 aliphatic rings. The van der Waals surface area contributed by atoms with Gasteiger partial charge in [0.25, 0.3) is 0 Å². The number of amides is 1. The molecule has 0 bridgehead atoms. The van der Waals surface area contributed by atoms with Gasteiger partial charge in [-0.1, -0.05) is 18.5 Å². The molecule has 3 aromatic heterocycles. The Morgan fingerprint density at radius 3 is 2.90 bits per heavy atom. The molecule has 1 amide bonds. The first kappa shape index (κ1) is 19.8. The van der Waals surface area contributed by atoms with Crippen molar-refractivity contribution in [1.29, 1.82) is 0 Å². The van der Waals surface area contributed by atoms with Crippen LogP contribution in [0, 0.1) is 11.7 Å². The van der Waals surface area contributed by atoms with Crippen molar-refractivity contribution in [2.24, 2.45) is 5.92 Å². The van der Waals surface area contributed by atoms with Crippen LogP contribution in [0.15, 0.2) is 24.8 Å². The van der Waals surface area contributed by atoms with E-state index in [0.717, 1.165) is 0 Å². The monoisotopic (exact) mass is 448 g/mol. The highest BCUT2D eigenvalue weighted by Gasteiger charge is 2.43. The third kappa shape index (κ3) is 3.21. The quantitative estimate of drug-likeness (QED) is 0.472. The summed E-state index contributed by atoms with van der Waals surface area (Å²) in [5, 5.41) is 9.60. The number of aromatic nitrogens is 5. The minimum absolute atomic E-state index is 0.128. The molecule has 3 unspecified atom stereocenters. The van der Waals surface area contributed by atoms with Crippen molar-refractivity contribution in [3.8, 4) is 11.3 Å². The lowest BCUT2D eigenvalue weighted by Gasteiger charge is -2.15. The number of alkyl halides is 2. The minimum atomic E-state index is -1.11. The van der Waals surface area contributed by atoms with E-state index in [2.05, 4.69) is 25.5 Å². The summed E-state index contributed by atoms with van der Waals surface area (Å²) in [6.45, 7) is 0.811. The zero-order valence-corrected chi connectivity index (χ0v) is 16.9. The van der Waals surface area contributed by atoms with Gasteiger partial charge in [0.1, 0.15) is 12.0 Å². The maximum absolute atomic E-state index is 15.1. The number of rotatable bonds is 5. The first-order chi connectivity index (χ1) is 14.9. The zero-order chi connectivity index (χ0) is 21.9. The van der Waals surface area contributed by atoms with E-state index in [0.29, 0.717) is 27.8 Å². The largest absolute Gasteiger partial charge is 0.309 e. The van der Waals surface area contributed by atoms with Crippen LogP contribution >= 0.6 is 11.6 Å². The number of nitrogens with one attached hydrogen (secondary N) is 2. The van der Waals surface area contributed by atoms with Crippen molar-refractivity contribution in [2.75, 3.05) is 12.0 Å². The second-order valence-corrected chi connectivity index (χ2v) is 8.02. The second-order valence-electron chi connectivity index (χ2n) is 7.64. The van der Waals surface area contributed by atoms with Crippen molar-refractivity contribution >= 4 is 39.9 Å². The molecule has 5 rings (SSSR count). The van der Waals surface area contributed by atoms with E-state index in [1.807, 2.05) is 0 Å². The summed E-state index contributed by atoms with van der Waals surface area (Å²) in [4.78, 5) is 20.5. The van der Waals surface area contributed by atoms with Crippen molar-refractivity contribution in [3.63, 3.8) is 0 Å². The summed E-state index contributed by atoms with van der Waals surface area (Å²) in [5.74, 6) is -2.25. The lowest BCUT2D eigenvalue weighted by atomic mass is 9.95. The van der Waals surface area contributed by atoms with Crippen LogP contribution in [-0.2, 0) is 4.79 Å². The molecule has 2 N–H and O–H groups in total. The number of fused-ring (bicyclic) bond motifs is 2. The van der Waals surface area contributed by atoms with Crippen molar-refractivity contribution in [1.82, 2.24) is 24.6 Å². The molecule has 31 heavy (non-hydrogen) atoms. The lowest BCUT2D eigenvalue weighted by Crippen LogP contribution is -2.15. The molecule has 0 aliphatic heterocycles. The van der Waals surface area contributed by atoms with E-state index >= 15 is 4.39 Å². The third-order valence-electron chi connectivity index (χ3n) is 5.45. The number of aromatic amines is 1. The first-order valence-electron chi connectivity index (χ1n) is 9.59. The van der Waals surface area contributed by atoms with Crippen LogP contribution in [0.5, 0.6) is 0 Å². The van der Waals surface area contributed by atoms with Crippen LogP contribution in [0.4, 0.5) is 19.0 Å². The summed E-state index contributed by atoms with van der Waals surface area (Å²) in [6, 6.07) is 0. The SMILES string of the molecule is CC(CF)c1c(F)c(Cl)c(-c2cn3cc(NC(=O)C4CC4F)nc3cn2)c2cn[nH]c12. The number of nitrogens with zero attached hydrogens (tertiary/aromatic N) is 4. The molecule has 3 heterocycles. The van der Waals surface area contributed by atoms with E-state index in [1.165, 1.54) is 12.4 Å². The number of H-pyrrole nitrogens is 1. The van der Waals surface area contributed by atoms with E-state index in [-0.39, 0.29) is 22.8 Å². The first-order valence-corrected chi connectivity index (χ1v) is 9.96. The average Bonchev–Trinajstić information content (AvgIpc) is 3.12. The number of imidazole rings is 1. The highest BCUT2D eigenvalue weighted by molar-refractivity contribution is 6.35. The van der Waals surface area contributed by atoms with Crippen molar-refractivity contribution < 1.29 is 18.0 Å². The van der Waals surface area contributed by atoms with Gasteiger partial charge in [0.05, 0.1) is 47.4 Å². The molecule has 160 valence electrons. The van der Waals surface area contributed by atoms with Crippen LogP contribution in [-0.4, -0.2) is 43.3 Å². The van der Waals surface area contributed by atoms with Gasteiger partial charge in [0, 0.05) is 28.6 Å². The summed E-state index contributed by atoms with van der Waals surface area (Å²) >= 11 is 6.35. The van der Waals surface area contributed by atoms with Crippen molar-refractivity contribution in [2.45, 2.75) is 25.4 Å². The summed E-state index contributed by atoms with van der Waals surface area (Å²) in [6.07, 6.45) is 5.16. The Kier molecular flexibility index (Phi) is 4.62. The van der Waals surface area contributed by atoms with Gasteiger partial charge in [-0.05, 0) is 6.42 Å². The Bertz CT molecular complexity index is 1340. The van der Waals surface area contributed by atoms with Crippen molar-refractivity contribution in [3.05, 3.63) is 41.2 Å². The van der Waals surface area contributed by atoms with Crippen LogP contribution in [0.3, 0.4) is 0 Å². The fraction of sp³-hybridized carbons (Fsp3) is 0.300. The molecule has 4 aromatic rings.